The number of nitrogens with zero attached hydrogens (tertiary/aromatic N) is 1. The Morgan fingerprint density at radius 1 is 1.42 bits per heavy atom. The Morgan fingerprint density at radius 3 is 2.69 bits per heavy atom. The molecule has 2 rings (SSSR count). The Labute approximate surface area is 166 Å². The summed E-state index contributed by atoms with van der Waals surface area (Å²) in [5.74, 6) is 0.451. The Kier molecular flexibility index (Phi) is 8.50. The molecule has 7 unspecified atom stereocenters. The van der Waals surface area contributed by atoms with Crippen molar-refractivity contribution in [1.29, 1.82) is 0 Å². The van der Waals surface area contributed by atoms with Crippen molar-refractivity contribution < 1.29 is 19.7 Å². The van der Waals surface area contributed by atoms with E-state index >= 15 is 0 Å². The lowest BCUT2D eigenvalue weighted by atomic mass is 9.94. The summed E-state index contributed by atoms with van der Waals surface area (Å²) < 4.78 is 5.93. The van der Waals surface area contributed by atoms with E-state index in [-0.39, 0.29) is 17.4 Å². The summed E-state index contributed by atoms with van der Waals surface area (Å²) in [7, 11) is 1.97. The first-order valence-corrected chi connectivity index (χ1v) is 11.2. The Morgan fingerprint density at radius 2 is 2.12 bits per heavy atom. The van der Waals surface area contributed by atoms with Crippen LogP contribution < -0.4 is 5.32 Å². The molecule has 0 bridgehead atoms. The Balaban J connectivity index is 2.06. The molecule has 26 heavy (non-hydrogen) atoms. The number of ether oxygens (including phenoxy) is 1. The minimum atomic E-state index is -1.07. The number of likely N-dealkylation sites (tertiary alicyclic amines) is 1. The van der Waals surface area contributed by atoms with Crippen LogP contribution in [0.5, 0.6) is 0 Å². The number of rotatable bonds is 7. The smallest absolute Gasteiger partial charge is 0.237 e. The Hall–Kier alpha value is -0.0500. The minimum absolute atomic E-state index is 0.0832. The molecule has 0 aromatic rings. The van der Waals surface area contributed by atoms with Gasteiger partial charge in [-0.2, -0.15) is 0 Å². The zero-order valence-electron chi connectivity index (χ0n) is 16.1. The number of carbonyl (C=O) groups excluding carboxylic acids is 1. The van der Waals surface area contributed by atoms with Crippen molar-refractivity contribution in [3.05, 3.63) is 0 Å². The van der Waals surface area contributed by atoms with Crippen molar-refractivity contribution >= 4 is 29.3 Å². The average molecular weight is 409 g/mol. The molecule has 0 spiro atoms. The number of alkyl halides is 1. The van der Waals surface area contributed by atoms with Crippen LogP contribution in [0, 0.1) is 5.92 Å². The fourth-order valence-electron chi connectivity index (χ4n) is 4.06. The molecular formula is C18H33ClN2O4S. The predicted octanol–water partition coefficient (Wildman–Crippen LogP) is 1.42. The molecule has 8 heteroatoms. The first-order valence-electron chi connectivity index (χ1n) is 9.47. The van der Waals surface area contributed by atoms with Gasteiger partial charge in [-0.05, 0) is 39.0 Å². The standard InChI is InChI=1S/C18H33ClN2O4S/c1-5-6-11-7-12(21(3)9-11)18(24)20-15(10(2)19)17-16(23)13(22)8-14(25-17)26-4/h10-17,22-23H,5-9H2,1-4H3,(H,20,24)/t10?,11?,12?,13?,14-,15?,16?,17?/m1/s1. The highest BCUT2D eigenvalue weighted by atomic mass is 35.5. The first kappa shape index (κ1) is 22.2. The van der Waals surface area contributed by atoms with Gasteiger partial charge in [0.25, 0.3) is 0 Å². The normalized spacial score (nSPS) is 38.1. The number of halogens is 1. The topological polar surface area (TPSA) is 82.0 Å². The first-order chi connectivity index (χ1) is 12.3. The monoisotopic (exact) mass is 408 g/mol. The molecule has 6 nitrogen and oxygen atoms in total. The van der Waals surface area contributed by atoms with Crippen LogP contribution in [0.15, 0.2) is 0 Å². The number of thioether (sulfide) groups is 1. The molecule has 0 aromatic heterocycles. The molecule has 2 fully saturated rings. The number of aliphatic hydroxyl groups excluding tert-OH is 2. The second-order valence-electron chi connectivity index (χ2n) is 7.62. The maximum atomic E-state index is 12.9. The SMILES string of the molecule is CCCC1CC(C(=O)NC(C(C)Cl)C2O[C@H](SC)CC(O)C2O)N(C)C1. The van der Waals surface area contributed by atoms with Crippen molar-refractivity contribution in [3.8, 4) is 0 Å². The Bertz CT molecular complexity index is 470. The third kappa shape index (κ3) is 5.26. The van der Waals surface area contributed by atoms with E-state index < -0.39 is 29.7 Å². The van der Waals surface area contributed by atoms with Crippen molar-refractivity contribution in [2.75, 3.05) is 19.8 Å². The van der Waals surface area contributed by atoms with Crippen molar-refractivity contribution in [3.63, 3.8) is 0 Å². The van der Waals surface area contributed by atoms with E-state index in [2.05, 4.69) is 17.1 Å². The molecule has 0 aromatic carbocycles. The van der Waals surface area contributed by atoms with Crippen LogP contribution in [0.25, 0.3) is 0 Å². The highest BCUT2D eigenvalue weighted by Crippen LogP contribution is 2.30. The van der Waals surface area contributed by atoms with E-state index in [9.17, 15) is 15.0 Å². The molecule has 2 aliphatic heterocycles. The summed E-state index contributed by atoms with van der Waals surface area (Å²) >= 11 is 7.82. The lowest BCUT2D eigenvalue weighted by molar-refractivity contribution is -0.158. The molecular weight excluding hydrogens is 376 g/mol. The van der Waals surface area contributed by atoms with Crippen LogP contribution >= 0.6 is 23.4 Å². The van der Waals surface area contributed by atoms with Crippen molar-refractivity contribution in [2.45, 2.75) is 80.7 Å². The largest absolute Gasteiger partial charge is 0.390 e. The van der Waals surface area contributed by atoms with Gasteiger partial charge in [-0.15, -0.1) is 23.4 Å². The van der Waals surface area contributed by atoms with Crippen LogP contribution in [0.3, 0.4) is 0 Å². The molecule has 2 heterocycles. The number of hydrogen-bond donors (Lipinski definition) is 3. The lowest BCUT2D eigenvalue weighted by Gasteiger charge is -2.41. The molecule has 0 aliphatic carbocycles. The van der Waals surface area contributed by atoms with Crippen LogP contribution in [0.2, 0.25) is 0 Å². The van der Waals surface area contributed by atoms with Gasteiger partial charge < -0.3 is 20.3 Å². The van der Waals surface area contributed by atoms with Gasteiger partial charge in [0.2, 0.25) is 5.91 Å². The van der Waals surface area contributed by atoms with Gasteiger partial charge in [-0.1, -0.05) is 13.3 Å². The number of nitrogens with one attached hydrogen (secondary N) is 1. The van der Waals surface area contributed by atoms with E-state index in [0.717, 1.165) is 25.8 Å². The molecule has 2 aliphatic rings. The molecule has 0 radical (unpaired) electrons. The molecule has 2 saturated heterocycles. The third-order valence-corrected chi connectivity index (χ3v) is 6.63. The highest BCUT2D eigenvalue weighted by Gasteiger charge is 2.44. The van der Waals surface area contributed by atoms with Gasteiger partial charge in [-0.25, -0.2) is 0 Å². The summed E-state index contributed by atoms with van der Waals surface area (Å²) in [6.45, 7) is 4.85. The van der Waals surface area contributed by atoms with Crippen molar-refractivity contribution in [1.82, 2.24) is 10.2 Å². The molecule has 1 amide bonds. The number of hydrogen-bond acceptors (Lipinski definition) is 6. The fourth-order valence-corrected chi connectivity index (χ4v) is 4.90. The van der Waals surface area contributed by atoms with E-state index in [4.69, 9.17) is 16.3 Å². The summed E-state index contributed by atoms with van der Waals surface area (Å²) in [6.07, 6.45) is 2.64. The number of aliphatic hydroxyl groups is 2. The fraction of sp³-hybridized carbons (Fsp3) is 0.944. The summed E-state index contributed by atoms with van der Waals surface area (Å²) in [5.41, 5.74) is -0.226. The van der Waals surface area contributed by atoms with E-state index in [0.29, 0.717) is 12.3 Å². The van der Waals surface area contributed by atoms with Gasteiger partial charge in [-0.3, -0.25) is 9.69 Å². The van der Waals surface area contributed by atoms with E-state index in [1.54, 1.807) is 6.92 Å². The summed E-state index contributed by atoms with van der Waals surface area (Å²) in [5, 5.41) is 23.1. The van der Waals surface area contributed by atoms with Gasteiger partial charge in [0.15, 0.2) is 0 Å². The quantitative estimate of drug-likeness (QED) is 0.553. The van der Waals surface area contributed by atoms with Gasteiger partial charge >= 0.3 is 0 Å². The predicted molar refractivity (Wildman–Crippen MR) is 105 cm³/mol. The van der Waals surface area contributed by atoms with Crippen LogP contribution in [0.1, 0.15) is 39.5 Å². The minimum Gasteiger partial charge on any atom is -0.390 e. The summed E-state index contributed by atoms with van der Waals surface area (Å²) in [4.78, 5) is 15.0. The molecule has 0 saturated carbocycles. The number of amides is 1. The molecule has 8 atom stereocenters. The summed E-state index contributed by atoms with van der Waals surface area (Å²) in [6, 6.07) is -0.756. The lowest BCUT2D eigenvalue weighted by Crippen LogP contribution is -2.61. The second-order valence-corrected chi connectivity index (χ2v) is 9.30. The van der Waals surface area contributed by atoms with Gasteiger partial charge in [0.1, 0.15) is 17.6 Å². The zero-order valence-corrected chi connectivity index (χ0v) is 17.7. The van der Waals surface area contributed by atoms with Crippen LogP contribution in [0.4, 0.5) is 0 Å². The van der Waals surface area contributed by atoms with Crippen LogP contribution in [-0.2, 0) is 9.53 Å². The second kappa shape index (κ2) is 9.94. The van der Waals surface area contributed by atoms with Gasteiger partial charge in [0.05, 0.1) is 23.6 Å². The van der Waals surface area contributed by atoms with E-state index in [1.807, 2.05) is 13.3 Å². The van der Waals surface area contributed by atoms with E-state index in [1.165, 1.54) is 11.8 Å². The molecule has 3 N–H and O–H groups in total. The zero-order chi connectivity index (χ0) is 19.4. The maximum Gasteiger partial charge on any atom is 0.237 e. The van der Waals surface area contributed by atoms with Crippen LogP contribution in [-0.4, -0.2) is 82.1 Å². The number of likely N-dealkylation sites (N-methyl/N-ethyl adjacent to an activating group) is 1. The maximum absolute atomic E-state index is 12.9. The van der Waals surface area contributed by atoms with Crippen molar-refractivity contribution in [2.24, 2.45) is 5.92 Å². The highest BCUT2D eigenvalue weighted by molar-refractivity contribution is 7.99. The third-order valence-electron chi connectivity index (χ3n) is 5.53. The van der Waals surface area contributed by atoms with Gasteiger partial charge in [0, 0.05) is 13.0 Å². The average Bonchev–Trinajstić information content (AvgIpc) is 2.95. The number of carbonyl (C=O) groups is 1. The molecule has 152 valence electrons.